The van der Waals surface area contributed by atoms with Crippen molar-refractivity contribution >= 4 is 35.3 Å². The van der Waals surface area contributed by atoms with Crippen molar-refractivity contribution in [3.8, 4) is 0 Å². The lowest BCUT2D eigenvalue weighted by Crippen LogP contribution is -2.62. The van der Waals surface area contributed by atoms with Crippen molar-refractivity contribution in [2.45, 2.75) is 110 Å². The van der Waals surface area contributed by atoms with Gasteiger partial charge in [0.1, 0.15) is 12.1 Å². The standard InChI is InChI=1S/C31H47N5O6/c1-30(2,3)25(35-29(42)34-21(16-7-6-8-16)23(37)17-11-12-17)28(41)36-14-18-20(31(18,4)5)22(36)27(40)33-19(13-15-9-10-15)24(38)26(32)39/h15-22,25H,6-14H2,1-5H3,(H2,32,39)(H,33,40)(H2,34,35,42)/t18-,19?,20-,21-,22-,25+/m0/s1. The van der Waals surface area contributed by atoms with Crippen molar-refractivity contribution in [2.75, 3.05) is 6.54 Å². The molecule has 0 bridgehead atoms. The molecule has 5 rings (SSSR count). The number of rotatable bonds is 12. The average molecular weight is 586 g/mol. The first-order valence-corrected chi connectivity index (χ1v) is 15.7. The Morgan fingerprint density at radius 3 is 2.07 bits per heavy atom. The number of amides is 5. The van der Waals surface area contributed by atoms with Gasteiger partial charge in [0.05, 0.1) is 12.1 Å². The fraction of sp³-hybridized carbons (Fsp3) is 0.806. The summed E-state index contributed by atoms with van der Waals surface area (Å²) in [6, 6.07) is -3.92. The molecule has 0 radical (unpaired) electrons. The molecular weight excluding hydrogens is 538 g/mol. The highest BCUT2D eigenvalue weighted by molar-refractivity contribution is 6.37. The van der Waals surface area contributed by atoms with Crippen molar-refractivity contribution in [1.82, 2.24) is 20.9 Å². The Hall–Kier alpha value is -2.98. The number of ketones is 2. The van der Waals surface area contributed by atoms with Gasteiger partial charge < -0.3 is 26.6 Å². The number of nitrogens with two attached hydrogens (primary N) is 1. The molecule has 5 fully saturated rings. The van der Waals surface area contributed by atoms with Crippen LogP contribution in [0.3, 0.4) is 0 Å². The largest absolute Gasteiger partial charge is 0.363 e. The minimum absolute atomic E-state index is 0.0140. The van der Waals surface area contributed by atoms with Gasteiger partial charge in [-0.05, 0) is 66.6 Å². The van der Waals surface area contributed by atoms with E-state index >= 15 is 0 Å². The van der Waals surface area contributed by atoms with Gasteiger partial charge in [-0.15, -0.1) is 0 Å². The molecule has 1 saturated heterocycles. The SMILES string of the molecule is CC(C)(C)[C@H](NC(=O)N[C@H](C(=O)C1CC1)C1CCC1)C(=O)N1C[C@H]2[C@@H]([C@H]1C(=O)NC(CC1CC1)C(=O)C(N)=O)C2(C)C. The van der Waals surface area contributed by atoms with Crippen LogP contribution < -0.4 is 21.7 Å². The molecule has 11 nitrogen and oxygen atoms in total. The minimum Gasteiger partial charge on any atom is -0.363 e. The monoisotopic (exact) mass is 585 g/mol. The zero-order valence-electron chi connectivity index (χ0n) is 25.5. The second-order valence-electron chi connectivity index (χ2n) is 15.1. The number of Topliss-reactive ketones (excluding diaryl/α,β-unsaturated/α-hetero) is 2. The fourth-order valence-electron chi connectivity index (χ4n) is 7.11. The molecule has 1 heterocycles. The number of piperidine rings is 1. The Morgan fingerprint density at radius 1 is 0.929 bits per heavy atom. The van der Waals surface area contributed by atoms with Gasteiger partial charge in [-0.2, -0.15) is 0 Å². The van der Waals surface area contributed by atoms with Gasteiger partial charge in [0.15, 0.2) is 5.78 Å². The zero-order valence-corrected chi connectivity index (χ0v) is 25.5. The van der Waals surface area contributed by atoms with Gasteiger partial charge in [0, 0.05) is 12.5 Å². The van der Waals surface area contributed by atoms with Crippen LogP contribution in [0.1, 0.15) is 86.0 Å². The van der Waals surface area contributed by atoms with Gasteiger partial charge in [0.2, 0.25) is 17.6 Å². The smallest absolute Gasteiger partial charge is 0.316 e. The average Bonchev–Trinajstić information content (AvgIpc) is 3.81. The zero-order chi connectivity index (χ0) is 30.7. The first kappa shape index (κ1) is 30.5. The Kier molecular flexibility index (Phi) is 7.94. The molecule has 4 aliphatic carbocycles. The number of fused-ring (bicyclic) bond motifs is 1. The van der Waals surface area contributed by atoms with Crippen LogP contribution in [0.25, 0.3) is 0 Å². The highest BCUT2D eigenvalue weighted by Gasteiger charge is 2.70. The van der Waals surface area contributed by atoms with Gasteiger partial charge in [-0.25, -0.2) is 4.79 Å². The summed E-state index contributed by atoms with van der Waals surface area (Å²) in [5, 5.41) is 8.52. The van der Waals surface area contributed by atoms with Crippen molar-refractivity contribution in [2.24, 2.45) is 46.2 Å². The highest BCUT2D eigenvalue weighted by Crippen LogP contribution is 2.65. The summed E-state index contributed by atoms with van der Waals surface area (Å²) in [4.78, 5) is 80.0. The number of hydrogen-bond donors (Lipinski definition) is 4. The van der Waals surface area contributed by atoms with Crippen molar-refractivity contribution in [3.05, 3.63) is 0 Å². The lowest BCUT2D eigenvalue weighted by Gasteiger charge is -2.38. The number of likely N-dealkylation sites (tertiary alicyclic amines) is 1. The van der Waals surface area contributed by atoms with Crippen LogP contribution in [0.4, 0.5) is 4.79 Å². The third-order valence-corrected chi connectivity index (χ3v) is 10.5. The van der Waals surface area contributed by atoms with E-state index in [-0.39, 0.29) is 46.7 Å². The second-order valence-corrected chi connectivity index (χ2v) is 15.1. The Labute approximate surface area is 247 Å². The molecule has 1 unspecified atom stereocenters. The third kappa shape index (κ3) is 6.06. The molecule has 5 aliphatic rings. The lowest BCUT2D eigenvalue weighted by atomic mass is 9.77. The molecule has 11 heteroatoms. The summed E-state index contributed by atoms with van der Waals surface area (Å²) in [7, 11) is 0. The molecule has 0 aromatic rings. The van der Waals surface area contributed by atoms with Crippen LogP contribution >= 0.6 is 0 Å². The van der Waals surface area contributed by atoms with Crippen molar-refractivity contribution in [1.29, 1.82) is 0 Å². The van der Waals surface area contributed by atoms with E-state index in [1.807, 2.05) is 20.8 Å². The van der Waals surface area contributed by atoms with Crippen LogP contribution in [0, 0.1) is 40.4 Å². The number of nitrogens with one attached hydrogen (secondary N) is 3. The normalized spacial score (nSPS) is 28.4. The van der Waals surface area contributed by atoms with E-state index in [2.05, 4.69) is 29.8 Å². The predicted molar refractivity (Wildman–Crippen MR) is 154 cm³/mol. The molecule has 0 aromatic heterocycles. The number of hydrogen-bond acceptors (Lipinski definition) is 6. The van der Waals surface area contributed by atoms with E-state index in [1.54, 1.807) is 0 Å². The summed E-state index contributed by atoms with van der Waals surface area (Å²) >= 11 is 0. The highest BCUT2D eigenvalue weighted by atomic mass is 16.2. The maximum Gasteiger partial charge on any atom is 0.316 e. The molecule has 232 valence electrons. The first-order chi connectivity index (χ1) is 19.6. The molecule has 6 atom stereocenters. The quantitative estimate of drug-likeness (QED) is 0.254. The molecular formula is C31H47N5O6. The van der Waals surface area contributed by atoms with Crippen LogP contribution in [-0.2, 0) is 24.0 Å². The summed E-state index contributed by atoms with van der Waals surface area (Å²) in [5.74, 6) is -2.31. The fourth-order valence-corrected chi connectivity index (χ4v) is 7.11. The van der Waals surface area contributed by atoms with Crippen molar-refractivity contribution < 1.29 is 28.8 Å². The molecule has 5 N–H and O–H groups in total. The van der Waals surface area contributed by atoms with Crippen molar-refractivity contribution in [3.63, 3.8) is 0 Å². The first-order valence-electron chi connectivity index (χ1n) is 15.7. The van der Waals surface area contributed by atoms with Crippen LogP contribution in [0.2, 0.25) is 0 Å². The molecule has 1 aliphatic heterocycles. The van der Waals surface area contributed by atoms with E-state index in [0.717, 1.165) is 44.9 Å². The van der Waals surface area contributed by atoms with Gasteiger partial charge in [-0.3, -0.25) is 24.0 Å². The molecule has 0 aromatic carbocycles. The Bertz CT molecular complexity index is 1160. The van der Waals surface area contributed by atoms with Gasteiger partial charge in [-0.1, -0.05) is 53.9 Å². The lowest BCUT2D eigenvalue weighted by molar-refractivity contribution is -0.145. The van der Waals surface area contributed by atoms with Gasteiger partial charge in [0.25, 0.3) is 5.91 Å². The number of carbonyl (C=O) groups is 6. The Morgan fingerprint density at radius 2 is 1.57 bits per heavy atom. The predicted octanol–water partition coefficient (Wildman–Crippen LogP) is 1.67. The number of urea groups is 1. The maximum absolute atomic E-state index is 14.2. The van der Waals surface area contributed by atoms with E-state index in [4.69, 9.17) is 5.73 Å². The van der Waals surface area contributed by atoms with Crippen LogP contribution in [0.15, 0.2) is 0 Å². The van der Waals surface area contributed by atoms with E-state index in [9.17, 15) is 28.8 Å². The van der Waals surface area contributed by atoms with Crippen LogP contribution in [0.5, 0.6) is 0 Å². The molecule has 42 heavy (non-hydrogen) atoms. The number of nitrogens with zero attached hydrogens (tertiary/aromatic N) is 1. The maximum atomic E-state index is 14.2. The number of carbonyl (C=O) groups excluding carboxylic acids is 6. The van der Waals surface area contributed by atoms with E-state index < -0.39 is 53.2 Å². The molecule has 4 saturated carbocycles. The Balaban J connectivity index is 1.32. The topological polar surface area (TPSA) is 168 Å². The van der Waals surface area contributed by atoms with Crippen LogP contribution in [-0.4, -0.2) is 70.9 Å². The van der Waals surface area contributed by atoms with E-state index in [1.165, 1.54) is 4.90 Å². The number of primary amides is 1. The summed E-state index contributed by atoms with van der Waals surface area (Å²) in [6.45, 7) is 10.0. The summed E-state index contributed by atoms with van der Waals surface area (Å²) < 4.78 is 0. The molecule has 0 spiro atoms. The second kappa shape index (κ2) is 10.9. The van der Waals surface area contributed by atoms with E-state index in [0.29, 0.717) is 13.0 Å². The summed E-state index contributed by atoms with van der Waals surface area (Å²) in [6.07, 6.45) is 6.76. The van der Waals surface area contributed by atoms with Gasteiger partial charge >= 0.3 is 6.03 Å². The summed E-state index contributed by atoms with van der Waals surface area (Å²) in [5.41, 5.74) is 4.42. The third-order valence-electron chi connectivity index (χ3n) is 10.5. The minimum atomic E-state index is -1.09. The molecule has 5 amide bonds.